The number of fused-ring (bicyclic) bond motifs is 2. The van der Waals surface area contributed by atoms with Gasteiger partial charge in [-0.15, -0.1) is 0 Å². The Morgan fingerprint density at radius 1 is 1.14 bits per heavy atom. The van der Waals surface area contributed by atoms with Crippen molar-refractivity contribution in [2.45, 2.75) is 13.5 Å². The molecule has 0 spiro atoms. The quantitative estimate of drug-likeness (QED) is 0.256. The Kier molecular flexibility index (Phi) is 6.31. The van der Waals surface area contributed by atoms with Gasteiger partial charge in [-0.05, 0) is 48.9 Å². The highest BCUT2D eigenvalue weighted by atomic mass is 16.5. The Balaban J connectivity index is 1.39. The second-order valence-corrected chi connectivity index (χ2v) is 8.47. The maximum Gasteiger partial charge on any atom is 0.262 e. The molecule has 1 amide bonds. The number of carbonyl (C=O) groups is 1. The third kappa shape index (κ3) is 4.73. The summed E-state index contributed by atoms with van der Waals surface area (Å²) < 4.78 is 12.5. The Morgan fingerprint density at radius 3 is 2.76 bits per heavy atom. The van der Waals surface area contributed by atoms with Crippen molar-refractivity contribution in [2.24, 2.45) is 0 Å². The van der Waals surface area contributed by atoms with Gasteiger partial charge in [0.15, 0.2) is 11.5 Å². The summed E-state index contributed by atoms with van der Waals surface area (Å²) in [5.41, 5.74) is 5.86. The van der Waals surface area contributed by atoms with Crippen LogP contribution in [0.1, 0.15) is 16.8 Å². The largest absolute Gasteiger partial charge is 0.493 e. The molecule has 5 rings (SSSR count). The summed E-state index contributed by atoms with van der Waals surface area (Å²) in [7, 11) is 3.11. The van der Waals surface area contributed by atoms with E-state index in [9.17, 15) is 10.1 Å². The minimum absolute atomic E-state index is 0.0120. The summed E-state index contributed by atoms with van der Waals surface area (Å²) in [6.45, 7) is 2.18. The number of imidazole rings is 1. The minimum atomic E-state index is -0.475. The Labute approximate surface area is 213 Å². The molecule has 0 saturated heterocycles. The zero-order valence-corrected chi connectivity index (χ0v) is 20.6. The van der Waals surface area contributed by atoms with Crippen molar-refractivity contribution in [1.82, 2.24) is 24.7 Å². The number of nitrogens with zero attached hydrogens (tertiary/aromatic N) is 4. The van der Waals surface area contributed by atoms with E-state index < -0.39 is 5.91 Å². The summed E-state index contributed by atoms with van der Waals surface area (Å²) in [5.74, 6) is 0.689. The normalized spacial score (nSPS) is 11.5. The molecule has 9 nitrogen and oxygen atoms in total. The molecule has 4 heterocycles. The van der Waals surface area contributed by atoms with Crippen LogP contribution in [0.3, 0.4) is 0 Å². The standard InChI is InChI=1S/C28H24N6O3/c1-17-15-34-16-19(5-7-26(34)33-17)21-10-23-22(14-31-27(23)30-13-21)9-20(11-29)28(35)32-12-18-4-6-24(36-2)25(8-18)37-3/h4-10,13-16H,12H2,1-3H3,(H,30,31)(H,32,35)/b20-9+. The highest BCUT2D eigenvalue weighted by Crippen LogP contribution is 2.28. The molecule has 0 bridgehead atoms. The molecule has 0 aliphatic heterocycles. The van der Waals surface area contributed by atoms with Crippen molar-refractivity contribution in [1.29, 1.82) is 5.26 Å². The monoisotopic (exact) mass is 492 g/mol. The van der Waals surface area contributed by atoms with Gasteiger partial charge in [0.25, 0.3) is 5.91 Å². The van der Waals surface area contributed by atoms with E-state index in [1.165, 1.54) is 0 Å². The van der Waals surface area contributed by atoms with Crippen molar-refractivity contribution >= 4 is 28.7 Å². The number of rotatable bonds is 7. The zero-order valence-electron chi connectivity index (χ0n) is 20.6. The predicted octanol–water partition coefficient (Wildman–Crippen LogP) is 4.43. The first-order chi connectivity index (χ1) is 18.0. The number of aromatic amines is 1. The Hall–Kier alpha value is -5.10. The number of nitriles is 1. The molecule has 184 valence electrons. The number of nitrogens with one attached hydrogen (secondary N) is 2. The lowest BCUT2D eigenvalue weighted by Crippen LogP contribution is -2.24. The van der Waals surface area contributed by atoms with Crippen LogP contribution in [-0.2, 0) is 11.3 Å². The number of hydrogen-bond donors (Lipinski definition) is 2. The van der Waals surface area contributed by atoms with Gasteiger partial charge in [0, 0.05) is 53.4 Å². The van der Waals surface area contributed by atoms with Crippen LogP contribution in [0.2, 0.25) is 0 Å². The Bertz CT molecular complexity index is 1710. The number of methoxy groups -OCH3 is 2. The second kappa shape index (κ2) is 9.87. The number of aryl methyl sites for hydroxylation is 1. The molecule has 0 unspecified atom stereocenters. The van der Waals surface area contributed by atoms with Crippen molar-refractivity contribution in [2.75, 3.05) is 14.2 Å². The zero-order chi connectivity index (χ0) is 25.9. The molecule has 0 radical (unpaired) electrons. The maximum absolute atomic E-state index is 12.8. The van der Waals surface area contributed by atoms with Gasteiger partial charge in [0.1, 0.15) is 22.9 Å². The van der Waals surface area contributed by atoms with E-state index in [1.807, 2.05) is 54.1 Å². The van der Waals surface area contributed by atoms with E-state index in [4.69, 9.17) is 9.47 Å². The van der Waals surface area contributed by atoms with Gasteiger partial charge in [-0.3, -0.25) is 4.79 Å². The molecule has 0 aliphatic carbocycles. The first-order valence-electron chi connectivity index (χ1n) is 11.5. The lowest BCUT2D eigenvalue weighted by Gasteiger charge is -2.10. The molecular weight excluding hydrogens is 468 g/mol. The van der Waals surface area contributed by atoms with Crippen molar-refractivity contribution in [3.63, 3.8) is 0 Å². The summed E-state index contributed by atoms with van der Waals surface area (Å²) in [6, 6.07) is 13.3. The molecule has 5 aromatic rings. The van der Waals surface area contributed by atoms with Gasteiger partial charge in [-0.2, -0.15) is 5.26 Å². The van der Waals surface area contributed by atoms with E-state index in [0.717, 1.165) is 33.4 Å². The van der Waals surface area contributed by atoms with Crippen LogP contribution in [0.15, 0.2) is 66.8 Å². The molecular formula is C28H24N6O3. The summed E-state index contributed by atoms with van der Waals surface area (Å²) in [5, 5.41) is 13.3. The topological polar surface area (TPSA) is 117 Å². The van der Waals surface area contributed by atoms with E-state index in [2.05, 4.69) is 20.3 Å². The number of amides is 1. The number of H-pyrrole nitrogens is 1. The highest BCUT2D eigenvalue weighted by molar-refractivity contribution is 6.04. The van der Waals surface area contributed by atoms with E-state index in [0.29, 0.717) is 22.7 Å². The van der Waals surface area contributed by atoms with E-state index in [-0.39, 0.29) is 12.1 Å². The van der Waals surface area contributed by atoms with Crippen LogP contribution >= 0.6 is 0 Å². The third-order valence-electron chi connectivity index (χ3n) is 6.03. The van der Waals surface area contributed by atoms with E-state index >= 15 is 0 Å². The number of ether oxygens (including phenoxy) is 2. The highest BCUT2D eigenvalue weighted by Gasteiger charge is 2.13. The fourth-order valence-electron chi connectivity index (χ4n) is 4.16. The second-order valence-electron chi connectivity index (χ2n) is 8.47. The molecule has 0 saturated carbocycles. The van der Waals surface area contributed by atoms with Crippen molar-refractivity contribution in [3.8, 4) is 28.7 Å². The molecule has 0 fully saturated rings. The molecule has 2 N–H and O–H groups in total. The van der Waals surface area contributed by atoms with Gasteiger partial charge < -0.3 is 24.2 Å². The summed E-state index contributed by atoms with van der Waals surface area (Å²) >= 11 is 0. The van der Waals surface area contributed by atoms with E-state index in [1.54, 1.807) is 44.8 Å². The van der Waals surface area contributed by atoms with Crippen LogP contribution in [-0.4, -0.2) is 39.5 Å². The number of benzene rings is 1. The van der Waals surface area contributed by atoms with Crippen LogP contribution in [0.4, 0.5) is 0 Å². The minimum Gasteiger partial charge on any atom is -0.493 e. The van der Waals surface area contributed by atoms with Crippen LogP contribution in [0.25, 0.3) is 33.9 Å². The molecule has 0 atom stereocenters. The fraction of sp³-hybridized carbons (Fsp3) is 0.143. The summed E-state index contributed by atoms with van der Waals surface area (Å²) in [4.78, 5) is 24.9. The number of pyridine rings is 2. The van der Waals surface area contributed by atoms with Crippen molar-refractivity contribution < 1.29 is 14.3 Å². The maximum atomic E-state index is 12.8. The first kappa shape index (κ1) is 23.6. The lowest BCUT2D eigenvalue weighted by atomic mass is 10.1. The SMILES string of the molecule is COc1ccc(CNC(=O)/C(C#N)=C/c2c[nH]c3ncc(-c4ccc5nc(C)cn5c4)cc23)cc1OC. The lowest BCUT2D eigenvalue weighted by molar-refractivity contribution is -0.117. The predicted molar refractivity (Wildman–Crippen MR) is 140 cm³/mol. The summed E-state index contributed by atoms with van der Waals surface area (Å²) in [6.07, 6.45) is 9.07. The van der Waals surface area contributed by atoms with Gasteiger partial charge >= 0.3 is 0 Å². The van der Waals surface area contributed by atoms with Crippen LogP contribution in [0, 0.1) is 18.3 Å². The van der Waals surface area contributed by atoms with Crippen molar-refractivity contribution in [3.05, 3.63) is 83.6 Å². The smallest absolute Gasteiger partial charge is 0.262 e. The molecule has 9 heteroatoms. The molecule has 1 aromatic carbocycles. The van der Waals surface area contributed by atoms with Crippen LogP contribution in [0.5, 0.6) is 11.5 Å². The molecule has 0 aliphatic rings. The number of aromatic nitrogens is 4. The Morgan fingerprint density at radius 2 is 1.97 bits per heavy atom. The molecule has 37 heavy (non-hydrogen) atoms. The average Bonchev–Trinajstić information content (AvgIpc) is 3.51. The van der Waals surface area contributed by atoms with Gasteiger partial charge in [0.2, 0.25) is 0 Å². The number of hydrogen-bond acceptors (Lipinski definition) is 6. The van der Waals surface area contributed by atoms with Crippen LogP contribution < -0.4 is 14.8 Å². The third-order valence-corrected chi connectivity index (χ3v) is 6.03. The average molecular weight is 493 g/mol. The van der Waals surface area contributed by atoms with Gasteiger partial charge in [-0.1, -0.05) is 6.07 Å². The van der Waals surface area contributed by atoms with Gasteiger partial charge in [0.05, 0.1) is 19.9 Å². The number of carbonyl (C=O) groups excluding carboxylic acids is 1. The van der Waals surface area contributed by atoms with Gasteiger partial charge in [-0.25, -0.2) is 9.97 Å². The fourth-order valence-corrected chi connectivity index (χ4v) is 4.16. The molecule has 4 aromatic heterocycles. The first-order valence-corrected chi connectivity index (χ1v) is 11.5.